The van der Waals surface area contributed by atoms with Crippen LogP contribution in [0, 0.1) is 0 Å². The number of guanidine groups is 1. The van der Waals surface area contributed by atoms with Crippen LogP contribution in [-0.2, 0) is 13.1 Å². The SMILES string of the molecule is CN=C(NCCCn1cccn1)NC1CCN(Cc2ccccc2)CC1.I. The van der Waals surface area contributed by atoms with E-state index in [0.717, 1.165) is 57.9 Å². The van der Waals surface area contributed by atoms with Crippen molar-refractivity contribution in [2.24, 2.45) is 4.99 Å². The van der Waals surface area contributed by atoms with Gasteiger partial charge in [-0.3, -0.25) is 14.6 Å². The fraction of sp³-hybridized carbons (Fsp3) is 0.500. The van der Waals surface area contributed by atoms with Gasteiger partial charge in [0, 0.05) is 58.2 Å². The van der Waals surface area contributed by atoms with Crippen LogP contribution in [0.25, 0.3) is 0 Å². The Labute approximate surface area is 179 Å². The lowest BCUT2D eigenvalue weighted by Gasteiger charge is -2.33. The van der Waals surface area contributed by atoms with Crippen LogP contribution >= 0.6 is 24.0 Å². The number of aryl methyl sites for hydroxylation is 1. The summed E-state index contributed by atoms with van der Waals surface area (Å²) in [5, 5.41) is 11.2. The van der Waals surface area contributed by atoms with E-state index in [-0.39, 0.29) is 24.0 Å². The van der Waals surface area contributed by atoms with Gasteiger partial charge in [-0.25, -0.2) is 0 Å². The van der Waals surface area contributed by atoms with E-state index >= 15 is 0 Å². The lowest BCUT2D eigenvalue weighted by atomic mass is 10.0. The zero-order valence-corrected chi connectivity index (χ0v) is 18.4. The molecule has 6 nitrogen and oxygen atoms in total. The van der Waals surface area contributed by atoms with Crippen molar-refractivity contribution in [2.45, 2.75) is 38.4 Å². The molecular weight excluding hydrogens is 451 g/mol. The lowest BCUT2D eigenvalue weighted by molar-refractivity contribution is 0.198. The molecule has 0 bridgehead atoms. The first-order valence-electron chi connectivity index (χ1n) is 9.54. The molecule has 148 valence electrons. The molecule has 2 heterocycles. The minimum Gasteiger partial charge on any atom is -0.356 e. The molecule has 1 aliphatic heterocycles. The number of hydrogen-bond donors (Lipinski definition) is 2. The second-order valence-corrected chi connectivity index (χ2v) is 6.80. The Hall–Kier alpha value is -1.61. The number of nitrogens with zero attached hydrogens (tertiary/aromatic N) is 4. The smallest absolute Gasteiger partial charge is 0.191 e. The van der Waals surface area contributed by atoms with Gasteiger partial charge in [-0.2, -0.15) is 5.10 Å². The normalized spacial score (nSPS) is 16.0. The minimum atomic E-state index is 0. The van der Waals surface area contributed by atoms with Crippen molar-refractivity contribution in [2.75, 3.05) is 26.7 Å². The van der Waals surface area contributed by atoms with Crippen LogP contribution in [0.5, 0.6) is 0 Å². The highest BCUT2D eigenvalue weighted by molar-refractivity contribution is 14.0. The Bertz CT molecular complexity index is 650. The van der Waals surface area contributed by atoms with Crippen LogP contribution in [0.15, 0.2) is 53.8 Å². The number of benzene rings is 1. The van der Waals surface area contributed by atoms with Crippen LogP contribution in [0.4, 0.5) is 0 Å². The molecule has 0 atom stereocenters. The monoisotopic (exact) mass is 482 g/mol. The van der Waals surface area contributed by atoms with Crippen molar-refractivity contribution in [3.05, 3.63) is 54.4 Å². The van der Waals surface area contributed by atoms with Gasteiger partial charge >= 0.3 is 0 Å². The standard InChI is InChI=1S/C20H30N6.HI/c1-21-20(22-11-5-13-26-14-6-12-23-26)24-19-9-15-25(16-10-19)17-18-7-3-2-4-8-18;/h2-4,6-8,12,14,19H,5,9-11,13,15-17H2,1H3,(H2,21,22,24);1H. The van der Waals surface area contributed by atoms with Gasteiger partial charge in [-0.1, -0.05) is 30.3 Å². The van der Waals surface area contributed by atoms with Gasteiger partial charge in [-0.05, 0) is 30.9 Å². The summed E-state index contributed by atoms with van der Waals surface area (Å²) in [4.78, 5) is 6.90. The Morgan fingerprint density at radius 3 is 2.63 bits per heavy atom. The first-order valence-corrected chi connectivity index (χ1v) is 9.54. The highest BCUT2D eigenvalue weighted by Gasteiger charge is 2.19. The molecule has 2 N–H and O–H groups in total. The fourth-order valence-corrected chi connectivity index (χ4v) is 3.35. The van der Waals surface area contributed by atoms with Crippen molar-refractivity contribution in [3.63, 3.8) is 0 Å². The number of hydrogen-bond acceptors (Lipinski definition) is 3. The number of piperidine rings is 1. The highest BCUT2D eigenvalue weighted by Crippen LogP contribution is 2.13. The van der Waals surface area contributed by atoms with Gasteiger partial charge in [0.25, 0.3) is 0 Å². The van der Waals surface area contributed by atoms with Gasteiger partial charge in [0.05, 0.1) is 0 Å². The molecule has 0 aliphatic carbocycles. The van der Waals surface area contributed by atoms with Gasteiger partial charge in [0.1, 0.15) is 0 Å². The Morgan fingerprint density at radius 2 is 1.96 bits per heavy atom. The fourth-order valence-electron chi connectivity index (χ4n) is 3.35. The number of halogens is 1. The molecule has 1 aromatic heterocycles. The third-order valence-corrected chi connectivity index (χ3v) is 4.82. The van der Waals surface area contributed by atoms with Crippen LogP contribution < -0.4 is 10.6 Å². The summed E-state index contributed by atoms with van der Waals surface area (Å²) in [6.45, 7) is 5.13. The molecule has 0 amide bonds. The maximum Gasteiger partial charge on any atom is 0.191 e. The van der Waals surface area contributed by atoms with Crippen molar-refractivity contribution in [3.8, 4) is 0 Å². The van der Waals surface area contributed by atoms with E-state index in [9.17, 15) is 0 Å². The molecule has 1 aromatic carbocycles. The average molecular weight is 482 g/mol. The summed E-state index contributed by atoms with van der Waals surface area (Å²) < 4.78 is 1.96. The molecule has 0 saturated carbocycles. The summed E-state index contributed by atoms with van der Waals surface area (Å²) in [7, 11) is 1.84. The predicted molar refractivity (Wildman–Crippen MR) is 121 cm³/mol. The number of rotatable bonds is 7. The summed E-state index contributed by atoms with van der Waals surface area (Å²) in [5.41, 5.74) is 1.40. The number of aromatic nitrogens is 2. The maximum atomic E-state index is 4.36. The van der Waals surface area contributed by atoms with Gasteiger partial charge in [0.2, 0.25) is 0 Å². The second-order valence-electron chi connectivity index (χ2n) is 6.80. The largest absolute Gasteiger partial charge is 0.356 e. The predicted octanol–water partition coefficient (Wildman–Crippen LogP) is 2.72. The summed E-state index contributed by atoms with van der Waals surface area (Å²) in [5.74, 6) is 0.909. The average Bonchev–Trinajstić information content (AvgIpc) is 3.20. The van der Waals surface area contributed by atoms with Crippen LogP contribution in [0.2, 0.25) is 0 Å². The molecule has 1 aliphatic rings. The Balaban J connectivity index is 0.00000261. The molecule has 27 heavy (non-hydrogen) atoms. The van der Waals surface area contributed by atoms with Gasteiger partial charge in [0.15, 0.2) is 5.96 Å². The zero-order valence-electron chi connectivity index (χ0n) is 16.1. The first-order chi connectivity index (χ1) is 12.8. The van der Waals surface area contributed by atoms with Crippen molar-refractivity contribution in [1.82, 2.24) is 25.3 Å². The summed E-state index contributed by atoms with van der Waals surface area (Å²) in [6, 6.07) is 13.2. The molecule has 2 aromatic rings. The number of nitrogens with one attached hydrogen (secondary N) is 2. The van der Waals surface area contributed by atoms with E-state index in [1.54, 1.807) is 0 Å². The summed E-state index contributed by atoms with van der Waals surface area (Å²) in [6.07, 6.45) is 7.15. The summed E-state index contributed by atoms with van der Waals surface area (Å²) >= 11 is 0. The Kier molecular flexibility index (Phi) is 9.61. The van der Waals surface area contributed by atoms with E-state index in [0.29, 0.717) is 6.04 Å². The quantitative estimate of drug-likeness (QED) is 0.276. The molecule has 1 saturated heterocycles. The second kappa shape index (κ2) is 12.0. The molecule has 7 heteroatoms. The zero-order chi connectivity index (χ0) is 18.0. The molecule has 3 rings (SSSR count). The van der Waals surface area contributed by atoms with Gasteiger partial charge in [-0.15, -0.1) is 24.0 Å². The van der Waals surface area contributed by atoms with Crippen molar-refractivity contribution in [1.29, 1.82) is 0 Å². The molecule has 0 spiro atoms. The minimum absolute atomic E-state index is 0. The van der Waals surface area contributed by atoms with E-state index in [2.05, 4.69) is 56.0 Å². The highest BCUT2D eigenvalue weighted by atomic mass is 127. The molecule has 0 radical (unpaired) electrons. The van der Waals surface area contributed by atoms with Gasteiger partial charge < -0.3 is 10.6 Å². The third-order valence-electron chi connectivity index (χ3n) is 4.82. The van der Waals surface area contributed by atoms with E-state index in [1.807, 2.05) is 30.2 Å². The molecule has 0 unspecified atom stereocenters. The van der Waals surface area contributed by atoms with Crippen molar-refractivity contribution < 1.29 is 0 Å². The van der Waals surface area contributed by atoms with E-state index in [1.165, 1.54) is 5.56 Å². The number of likely N-dealkylation sites (tertiary alicyclic amines) is 1. The Morgan fingerprint density at radius 1 is 1.19 bits per heavy atom. The lowest BCUT2D eigenvalue weighted by Crippen LogP contribution is -2.48. The van der Waals surface area contributed by atoms with Crippen LogP contribution in [-0.4, -0.2) is 53.4 Å². The van der Waals surface area contributed by atoms with Crippen LogP contribution in [0.3, 0.4) is 0 Å². The van der Waals surface area contributed by atoms with E-state index in [4.69, 9.17) is 0 Å². The van der Waals surface area contributed by atoms with E-state index < -0.39 is 0 Å². The molecule has 1 fully saturated rings. The first kappa shape index (κ1) is 21.7. The third kappa shape index (κ3) is 7.50. The molecular formula is C20H31IN6. The number of aliphatic imine (C=N–C) groups is 1. The topological polar surface area (TPSA) is 57.5 Å². The van der Waals surface area contributed by atoms with Crippen LogP contribution in [0.1, 0.15) is 24.8 Å². The van der Waals surface area contributed by atoms with Crippen molar-refractivity contribution >= 4 is 29.9 Å². The maximum absolute atomic E-state index is 4.36.